The number of rotatable bonds is 4. The van der Waals surface area contributed by atoms with Gasteiger partial charge in [-0.3, -0.25) is 9.78 Å². The van der Waals surface area contributed by atoms with Gasteiger partial charge in [0.05, 0.1) is 11.6 Å². The monoisotopic (exact) mass is 457 g/mol. The normalized spacial score (nSPS) is 29.1. The molecular formula is C29H28ClNO2. The number of hydrogen-bond donors (Lipinski definition) is 0. The summed E-state index contributed by atoms with van der Waals surface area (Å²) in [7, 11) is 0. The third-order valence-corrected chi connectivity index (χ3v) is 7.70. The van der Waals surface area contributed by atoms with Crippen molar-refractivity contribution in [3.05, 3.63) is 95.3 Å². The number of carbonyl (C=O) groups excluding carboxylic acids is 1. The van der Waals surface area contributed by atoms with Crippen LogP contribution in [0, 0.1) is 23.7 Å². The van der Waals surface area contributed by atoms with E-state index in [9.17, 15) is 4.79 Å². The number of benzene rings is 2. The molecule has 0 amide bonds. The average Bonchev–Trinajstić information content (AvgIpc) is 3.12. The Hall–Kier alpha value is -2.91. The van der Waals surface area contributed by atoms with Gasteiger partial charge in [-0.2, -0.15) is 0 Å². The van der Waals surface area contributed by atoms with Crippen molar-refractivity contribution in [2.24, 2.45) is 23.7 Å². The van der Waals surface area contributed by atoms with Crippen LogP contribution in [-0.2, 0) is 9.53 Å². The van der Waals surface area contributed by atoms with Crippen LogP contribution < -0.4 is 0 Å². The number of halogens is 1. The largest absolute Gasteiger partial charge is 0.462 e. The van der Waals surface area contributed by atoms with E-state index in [1.54, 1.807) is 0 Å². The molecule has 6 atom stereocenters. The first-order chi connectivity index (χ1) is 16.0. The summed E-state index contributed by atoms with van der Waals surface area (Å²) in [5.74, 6) is 1.09. The van der Waals surface area contributed by atoms with Crippen molar-refractivity contribution in [1.82, 2.24) is 4.98 Å². The lowest BCUT2D eigenvalue weighted by Gasteiger charge is -2.42. The number of esters is 1. The Kier molecular flexibility index (Phi) is 6.07. The smallest absolute Gasteiger partial charge is 0.309 e. The van der Waals surface area contributed by atoms with E-state index < -0.39 is 0 Å². The molecule has 0 radical (unpaired) electrons. The zero-order chi connectivity index (χ0) is 22.9. The molecule has 5 unspecified atom stereocenters. The van der Waals surface area contributed by atoms with Crippen LogP contribution in [0.15, 0.2) is 79.0 Å². The lowest BCUT2D eigenvalue weighted by Crippen LogP contribution is -2.39. The Labute approximate surface area is 200 Å². The first-order valence-electron chi connectivity index (χ1n) is 11.7. The van der Waals surface area contributed by atoms with Gasteiger partial charge in [0, 0.05) is 22.7 Å². The lowest BCUT2D eigenvalue weighted by atomic mass is 9.60. The number of ether oxygens (including phenoxy) is 1. The molecule has 1 saturated heterocycles. The van der Waals surface area contributed by atoms with Gasteiger partial charge in [0.1, 0.15) is 6.10 Å². The molecule has 168 valence electrons. The van der Waals surface area contributed by atoms with E-state index in [0.29, 0.717) is 16.9 Å². The highest BCUT2D eigenvalue weighted by atomic mass is 35.5. The lowest BCUT2D eigenvalue weighted by molar-refractivity contribution is -0.144. The van der Waals surface area contributed by atoms with Crippen LogP contribution in [0.3, 0.4) is 0 Å². The van der Waals surface area contributed by atoms with Gasteiger partial charge in [0.2, 0.25) is 0 Å². The molecule has 1 aliphatic carbocycles. The van der Waals surface area contributed by atoms with Crippen LogP contribution in [0.2, 0.25) is 5.02 Å². The molecule has 0 bridgehead atoms. The maximum atomic E-state index is 12.7. The average molecular weight is 458 g/mol. The van der Waals surface area contributed by atoms with Gasteiger partial charge in [-0.15, -0.1) is 0 Å². The van der Waals surface area contributed by atoms with Crippen molar-refractivity contribution in [2.45, 2.75) is 32.3 Å². The summed E-state index contributed by atoms with van der Waals surface area (Å²) in [6.07, 6.45) is 7.04. The van der Waals surface area contributed by atoms with Gasteiger partial charge >= 0.3 is 5.97 Å². The Bertz CT molecular complexity index is 1160. The van der Waals surface area contributed by atoms with Crippen LogP contribution >= 0.6 is 11.6 Å². The zero-order valence-electron chi connectivity index (χ0n) is 18.9. The maximum absolute atomic E-state index is 12.7. The van der Waals surface area contributed by atoms with Crippen molar-refractivity contribution in [2.75, 3.05) is 0 Å². The molecule has 2 aliphatic rings. The first kappa shape index (κ1) is 21.9. The Balaban J connectivity index is 1.42. The second-order valence-electron chi connectivity index (χ2n) is 9.36. The molecule has 5 rings (SSSR count). The first-order valence-corrected chi connectivity index (χ1v) is 12.0. The maximum Gasteiger partial charge on any atom is 0.309 e. The summed E-state index contributed by atoms with van der Waals surface area (Å²) < 4.78 is 5.70. The van der Waals surface area contributed by atoms with E-state index in [4.69, 9.17) is 16.3 Å². The fourth-order valence-corrected chi connectivity index (χ4v) is 5.96. The van der Waals surface area contributed by atoms with Crippen LogP contribution in [0.4, 0.5) is 0 Å². The van der Waals surface area contributed by atoms with E-state index in [2.05, 4.69) is 54.4 Å². The minimum atomic E-state index is -0.0607. The van der Waals surface area contributed by atoms with E-state index in [-0.39, 0.29) is 29.8 Å². The summed E-state index contributed by atoms with van der Waals surface area (Å²) in [6.45, 7) is 4.35. The number of pyridine rings is 1. The number of aromatic nitrogens is 1. The quantitative estimate of drug-likeness (QED) is 0.394. The summed E-state index contributed by atoms with van der Waals surface area (Å²) in [4.78, 5) is 17.3. The Morgan fingerprint density at radius 3 is 2.52 bits per heavy atom. The highest BCUT2D eigenvalue weighted by Gasteiger charge is 2.52. The zero-order valence-corrected chi connectivity index (χ0v) is 19.7. The molecule has 2 fully saturated rings. The second-order valence-corrected chi connectivity index (χ2v) is 9.79. The molecule has 4 heteroatoms. The molecule has 3 nitrogen and oxygen atoms in total. The van der Waals surface area contributed by atoms with Gasteiger partial charge in [0.15, 0.2) is 0 Å². The molecule has 0 N–H and O–H groups in total. The number of fused-ring (bicyclic) bond motifs is 1. The molecule has 33 heavy (non-hydrogen) atoms. The van der Waals surface area contributed by atoms with Crippen LogP contribution in [0.5, 0.6) is 0 Å². The third-order valence-electron chi connectivity index (χ3n) is 7.47. The van der Waals surface area contributed by atoms with Gasteiger partial charge in [-0.1, -0.05) is 73.1 Å². The molecule has 1 aliphatic heterocycles. The SMILES string of the molecule is CC1C(c2ccccc2)CC2C(=O)O[C@H](C)C2C1/C=C/c1ccc(-c2cccc(Cl)c2)cn1. The number of cyclic esters (lactones) is 1. The van der Waals surface area contributed by atoms with Crippen LogP contribution in [0.25, 0.3) is 17.2 Å². The summed E-state index contributed by atoms with van der Waals surface area (Å²) in [6, 6.07) is 22.5. The predicted octanol–water partition coefficient (Wildman–Crippen LogP) is 7.03. The van der Waals surface area contributed by atoms with Crippen LogP contribution in [-0.4, -0.2) is 17.1 Å². The van der Waals surface area contributed by atoms with Crippen molar-refractivity contribution in [1.29, 1.82) is 0 Å². The van der Waals surface area contributed by atoms with Gasteiger partial charge in [0.25, 0.3) is 0 Å². The van der Waals surface area contributed by atoms with Crippen LogP contribution in [0.1, 0.15) is 37.4 Å². The van der Waals surface area contributed by atoms with E-state index in [1.807, 2.05) is 49.5 Å². The number of carbonyl (C=O) groups is 1. The van der Waals surface area contributed by atoms with Gasteiger partial charge in [-0.25, -0.2) is 0 Å². The van der Waals surface area contributed by atoms with Gasteiger partial charge < -0.3 is 4.74 Å². The van der Waals surface area contributed by atoms with E-state index in [1.165, 1.54) is 5.56 Å². The molecule has 0 spiro atoms. The predicted molar refractivity (Wildman–Crippen MR) is 133 cm³/mol. The fourth-order valence-electron chi connectivity index (χ4n) is 5.77. The number of allylic oxidation sites excluding steroid dienone is 1. The molecule has 3 aromatic rings. The van der Waals surface area contributed by atoms with Crippen molar-refractivity contribution < 1.29 is 9.53 Å². The molecule has 2 heterocycles. The highest BCUT2D eigenvalue weighted by Crippen LogP contribution is 2.52. The minimum Gasteiger partial charge on any atom is -0.462 e. The summed E-state index contributed by atoms with van der Waals surface area (Å²) in [5, 5.41) is 0.715. The van der Waals surface area contributed by atoms with Gasteiger partial charge in [-0.05, 0) is 66.5 Å². The Morgan fingerprint density at radius 2 is 1.79 bits per heavy atom. The number of nitrogens with zero attached hydrogens (tertiary/aromatic N) is 1. The third kappa shape index (κ3) is 4.35. The molecular weight excluding hydrogens is 430 g/mol. The highest BCUT2D eigenvalue weighted by molar-refractivity contribution is 6.30. The minimum absolute atomic E-state index is 0.0391. The fraction of sp³-hybridized carbons (Fsp3) is 0.310. The van der Waals surface area contributed by atoms with Crippen molar-refractivity contribution >= 4 is 23.6 Å². The Morgan fingerprint density at radius 1 is 0.970 bits per heavy atom. The molecule has 2 aromatic carbocycles. The van der Waals surface area contributed by atoms with Crippen molar-refractivity contribution in [3.8, 4) is 11.1 Å². The summed E-state index contributed by atoms with van der Waals surface area (Å²) >= 11 is 6.13. The topological polar surface area (TPSA) is 39.2 Å². The van der Waals surface area contributed by atoms with E-state index in [0.717, 1.165) is 23.2 Å². The standard InChI is InChI=1S/C29H28ClNO2/c1-18-25(14-13-24-12-11-22(17-31-24)21-9-6-10-23(30)15-21)28-19(2)33-29(32)27(28)16-26(18)20-7-4-3-5-8-20/h3-15,17-19,25-28H,16H2,1-2H3/b14-13+/t18?,19-,25?,26?,27?,28?/m1/s1. The van der Waals surface area contributed by atoms with Crippen molar-refractivity contribution in [3.63, 3.8) is 0 Å². The van der Waals surface area contributed by atoms with E-state index >= 15 is 0 Å². The number of hydrogen-bond acceptors (Lipinski definition) is 3. The summed E-state index contributed by atoms with van der Waals surface area (Å²) in [5.41, 5.74) is 4.30. The molecule has 1 saturated carbocycles. The second kappa shape index (κ2) is 9.15. The molecule has 1 aromatic heterocycles.